The van der Waals surface area contributed by atoms with Gasteiger partial charge in [0.15, 0.2) is 0 Å². The number of ether oxygens (including phenoxy) is 1. The van der Waals surface area contributed by atoms with Gasteiger partial charge in [-0.2, -0.15) is 0 Å². The first-order chi connectivity index (χ1) is 9.08. The Labute approximate surface area is 114 Å². The molecule has 2 unspecified atom stereocenters. The molecule has 1 aromatic rings. The highest BCUT2D eigenvalue weighted by atomic mass is 16.5. The van der Waals surface area contributed by atoms with Crippen molar-refractivity contribution >= 4 is 5.91 Å². The highest BCUT2D eigenvalue weighted by molar-refractivity contribution is 5.83. The number of benzene rings is 1. The highest BCUT2D eigenvalue weighted by Gasteiger charge is 2.15. The summed E-state index contributed by atoms with van der Waals surface area (Å²) in [5, 5.41) is 12.4. The molecule has 2 N–H and O–H groups in total. The van der Waals surface area contributed by atoms with E-state index in [2.05, 4.69) is 5.32 Å². The van der Waals surface area contributed by atoms with Gasteiger partial charge in [-0.3, -0.25) is 4.79 Å². The average molecular weight is 265 g/mol. The number of hydrogen-bond donors (Lipinski definition) is 2. The molecule has 2 atom stereocenters. The van der Waals surface area contributed by atoms with E-state index in [1.165, 1.54) is 0 Å². The Kier molecular flexibility index (Phi) is 6.36. The lowest BCUT2D eigenvalue weighted by Gasteiger charge is -2.15. The van der Waals surface area contributed by atoms with Crippen LogP contribution in [0.4, 0.5) is 0 Å². The van der Waals surface area contributed by atoms with Crippen LogP contribution in [0.25, 0.3) is 0 Å². The molecule has 0 saturated carbocycles. The molecule has 0 fully saturated rings. The fourth-order valence-corrected chi connectivity index (χ4v) is 1.85. The summed E-state index contributed by atoms with van der Waals surface area (Å²) in [6, 6.07) is 7.44. The lowest BCUT2D eigenvalue weighted by Crippen LogP contribution is -2.34. The molecule has 1 amide bonds. The molecule has 0 spiro atoms. The molecule has 4 heteroatoms. The van der Waals surface area contributed by atoms with E-state index in [-0.39, 0.29) is 11.8 Å². The lowest BCUT2D eigenvalue weighted by atomic mass is 10.00. The second kappa shape index (κ2) is 7.79. The first-order valence-corrected chi connectivity index (χ1v) is 6.68. The van der Waals surface area contributed by atoms with Crippen LogP contribution in [-0.2, 0) is 4.79 Å². The molecule has 0 aromatic heterocycles. The van der Waals surface area contributed by atoms with Crippen LogP contribution in [0, 0.1) is 0 Å². The number of carbonyl (C=O) groups excluding carboxylic acids is 1. The number of aliphatic hydroxyl groups excluding tert-OH is 1. The third-order valence-electron chi connectivity index (χ3n) is 3.14. The predicted octanol–water partition coefficient (Wildman–Crippen LogP) is 2.08. The minimum Gasteiger partial charge on any atom is -0.497 e. The van der Waals surface area contributed by atoms with Crippen molar-refractivity contribution in [1.29, 1.82) is 0 Å². The van der Waals surface area contributed by atoms with E-state index in [9.17, 15) is 9.90 Å². The Bertz CT molecular complexity index is 389. The van der Waals surface area contributed by atoms with E-state index in [0.29, 0.717) is 13.0 Å². The third kappa shape index (κ3) is 4.91. The Balaban J connectivity index is 2.51. The minimum absolute atomic E-state index is 0.0691. The van der Waals surface area contributed by atoms with Crippen LogP contribution in [0.1, 0.15) is 38.2 Å². The number of methoxy groups -OCH3 is 1. The summed E-state index contributed by atoms with van der Waals surface area (Å²) in [5.74, 6) is 0.467. The number of amides is 1. The molecule has 1 rings (SSSR count). The van der Waals surface area contributed by atoms with Crippen molar-refractivity contribution in [2.24, 2.45) is 0 Å². The molecule has 0 saturated heterocycles. The van der Waals surface area contributed by atoms with E-state index in [0.717, 1.165) is 17.7 Å². The smallest absolute Gasteiger partial charge is 0.227 e. The number of aliphatic hydroxyl groups is 1. The van der Waals surface area contributed by atoms with Crippen molar-refractivity contribution in [1.82, 2.24) is 5.32 Å². The fraction of sp³-hybridized carbons (Fsp3) is 0.533. The zero-order valence-electron chi connectivity index (χ0n) is 11.8. The number of nitrogens with one attached hydrogen (secondary N) is 1. The first kappa shape index (κ1) is 15.5. The van der Waals surface area contributed by atoms with Crippen LogP contribution in [0.15, 0.2) is 24.3 Å². The van der Waals surface area contributed by atoms with Gasteiger partial charge in [-0.15, -0.1) is 0 Å². The molecule has 0 bridgehead atoms. The molecular formula is C15H23NO3. The molecule has 0 aliphatic heterocycles. The maximum Gasteiger partial charge on any atom is 0.227 e. The zero-order chi connectivity index (χ0) is 14.3. The van der Waals surface area contributed by atoms with Gasteiger partial charge in [0.2, 0.25) is 5.91 Å². The maximum absolute atomic E-state index is 12.0. The number of rotatable bonds is 7. The minimum atomic E-state index is -0.461. The van der Waals surface area contributed by atoms with Gasteiger partial charge >= 0.3 is 0 Å². The van der Waals surface area contributed by atoms with Gasteiger partial charge in [-0.25, -0.2) is 0 Å². The van der Waals surface area contributed by atoms with E-state index >= 15 is 0 Å². The van der Waals surface area contributed by atoms with E-state index in [4.69, 9.17) is 4.74 Å². The van der Waals surface area contributed by atoms with Crippen molar-refractivity contribution in [3.05, 3.63) is 29.8 Å². The molecule has 19 heavy (non-hydrogen) atoms. The van der Waals surface area contributed by atoms with Crippen LogP contribution in [0.5, 0.6) is 5.75 Å². The van der Waals surface area contributed by atoms with Crippen molar-refractivity contribution in [3.63, 3.8) is 0 Å². The molecule has 0 heterocycles. The molecule has 0 aliphatic carbocycles. The topological polar surface area (TPSA) is 58.6 Å². The summed E-state index contributed by atoms with van der Waals surface area (Å²) in [4.78, 5) is 12.0. The summed E-state index contributed by atoms with van der Waals surface area (Å²) in [7, 11) is 1.61. The SMILES string of the molecule is CCCC(O)CNC(=O)C(C)c1ccc(OC)cc1. The Morgan fingerprint density at radius 2 is 2.00 bits per heavy atom. The van der Waals surface area contributed by atoms with Gasteiger partial charge in [-0.05, 0) is 31.0 Å². The van der Waals surface area contributed by atoms with Crippen molar-refractivity contribution in [2.75, 3.05) is 13.7 Å². The van der Waals surface area contributed by atoms with Crippen LogP contribution in [0.2, 0.25) is 0 Å². The number of carbonyl (C=O) groups is 1. The van der Waals surface area contributed by atoms with Gasteiger partial charge in [-0.1, -0.05) is 25.5 Å². The van der Waals surface area contributed by atoms with Crippen molar-refractivity contribution < 1.29 is 14.6 Å². The molecular weight excluding hydrogens is 242 g/mol. The van der Waals surface area contributed by atoms with Crippen LogP contribution in [-0.4, -0.2) is 30.8 Å². The van der Waals surface area contributed by atoms with E-state index < -0.39 is 6.10 Å². The van der Waals surface area contributed by atoms with Gasteiger partial charge in [0, 0.05) is 6.54 Å². The Hall–Kier alpha value is -1.55. The van der Waals surface area contributed by atoms with Gasteiger partial charge in [0.05, 0.1) is 19.1 Å². The second-order valence-electron chi connectivity index (χ2n) is 4.68. The van der Waals surface area contributed by atoms with Crippen LogP contribution < -0.4 is 10.1 Å². The second-order valence-corrected chi connectivity index (χ2v) is 4.68. The summed E-state index contributed by atoms with van der Waals surface area (Å²) in [6.07, 6.45) is 1.15. The normalized spacial score (nSPS) is 13.7. The summed E-state index contributed by atoms with van der Waals surface area (Å²) >= 11 is 0. The maximum atomic E-state index is 12.0. The molecule has 1 aromatic carbocycles. The quantitative estimate of drug-likeness (QED) is 0.793. The lowest BCUT2D eigenvalue weighted by molar-refractivity contribution is -0.122. The number of hydrogen-bond acceptors (Lipinski definition) is 3. The molecule has 106 valence electrons. The summed E-state index contributed by atoms with van der Waals surface area (Å²) < 4.78 is 5.08. The van der Waals surface area contributed by atoms with Gasteiger partial charge in [0.1, 0.15) is 5.75 Å². The van der Waals surface area contributed by atoms with E-state index in [1.807, 2.05) is 38.1 Å². The Morgan fingerprint density at radius 3 is 2.53 bits per heavy atom. The van der Waals surface area contributed by atoms with Crippen LogP contribution in [0.3, 0.4) is 0 Å². The Morgan fingerprint density at radius 1 is 1.37 bits per heavy atom. The van der Waals surface area contributed by atoms with Crippen molar-refractivity contribution in [3.8, 4) is 5.75 Å². The third-order valence-corrected chi connectivity index (χ3v) is 3.14. The highest BCUT2D eigenvalue weighted by Crippen LogP contribution is 2.19. The molecule has 4 nitrogen and oxygen atoms in total. The largest absolute Gasteiger partial charge is 0.497 e. The van der Waals surface area contributed by atoms with Gasteiger partial charge < -0.3 is 15.2 Å². The predicted molar refractivity (Wildman–Crippen MR) is 75.3 cm³/mol. The summed E-state index contributed by atoms with van der Waals surface area (Å²) in [6.45, 7) is 4.17. The first-order valence-electron chi connectivity index (χ1n) is 6.68. The van der Waals surface area contributed by atoms with E-state index in [1.54, 1.807) is 7.11 Å². The summed E-state index contributed by atoms with van der Waals surface area (Å²) in [5.41, 5.74) is 0.934. The fourth-order valence-electron chi connectivity index (χ4n) is 1.85. The van der Waals surface area contributed by atoms with Crippen molar-refractivity contribution in [2.45, 2.75) is 38.7 Å². The molecule has 0 radical (unpaired) electrons. The molecule has 0 aliphatic rings. The van der Waals surface area contributed by atoms with Crippen LogP contribution >= 0.6 is 0 Å². The average Bonchev–Trinajstić information content (AvgIpc) is 2.44. The standard InChI is InChI=1S/C15H23NO3/c1-4-5-13(17)10-16-15(18)11(2)12-6-8-14(19-3)9-7-12/h6-9,11,13,17H,4-5,10H2,1-3H3,(H,16,18). The monoisotopic (exact) mass is 265 g/mol. The van der Waals surface area contributed by atoms with Gasteiger partial charge in [0.25, 0.3) is 0 Å². The zero-order valence-corrected chi connectivity index (χ0v) is 11.8.